The number of rotatable bonds is 8. The molecule has 0 unspecified atom stereocenters. The van der Waals surface area contributed by atoms with E-state index in [9.17, 15) is 4.79 Å². The number of carbonyl (C=O) groups is 1. The summed E-state index contributed by atoms with van der Waals surface area (Å²) in [5, 5.41) is 6.95. The Hall–Kier alpha value is -1.47. The summed E-state index contributed by atoms with van der Waals surface area (Å²) < 4.78 is 5.32. The smallest absolute Gasteiger partial charge is 0.240 e. The quantitative estimate of drug-likeness (QED) is 0.766. The van der Waals surface area contributed by atoms with Gasteiger partial charge in [0.05, 0.1) is 13.1 Å². The summed E-state index contributed by atoms with van der Waals surface area (Å²) in [6.45, 7) is 11.9. The van der Waals surface area contributed by atoms with E-state index in [4.69, 9.17) is 4.52 Å². The monoisotopic (exact) mass is 323 g/mol. The second kappa shape index (κ2) is 8.98. The fourth-order valence-electron chi connectivity index (χ4n) is 2.62. The van der Waals surface area contributed by atoms with Gasteiger partial charge in [0.25, 0.3) is 0 Å². The molecule has 1 aliphatic heterocycles. The molecule has 1 aromatic heterocycles. The minimum Gasteiger partial charge on any atom is -0.355 e. The molecule has 0 bridgehead atoms. The first kappa shape index (κ1) is 17.9. The molecule has 23 heavy (non-hydrogen) atoms. The number of carbonyl (C=O) groups excluding carboxylic acids is 1. The number of amides is 1. The van der Waals surface area contributed by atoms with Gasteiger partial charge in [-0.2, -0.15) is 4.98 Å². The minimum atomic E-state index is 0.121. The second-order valence-electron chi connectivity index (χ2n) is 6.60. The van der Waals surface area contributed by atoms with Crippen molar-refractivity contribution in [1.82, 2.24) is 25.3 Å². The summed E-state index contributed by atoms with van der Waals surface area (Å²) in [5.41, 5.74) is 0. The van der Waals surface area contributed by atoms with Gasteiger partial charge in [0, 0.05) is 39.1 Å². The number of piperazine rings is 1. The molecule has 0 radical (unpaired) electrons. The maximum Gasteiger partial charge on any atom is 0.240 e. The lowest BCUT2D eigenvalue weighted by Crippen LogP contribution is -2.49. The molecule has 1 aliphatic rings. The first-order valence-electron chi connectivity index (χ1n) is 8.59. The summed E-state index contributed by atoms with van der Waals surface area (Å²) in [6, 6.07) is 0. The third-order valence-electron chi connectivity index (χ3n) is 3.86. The molecule has 0 spiro atoms. The van der Waals surface area contributed by atoms with Crippen molar-refractivity contribution in [1.29, 1.82) is 0 Å². The Morgan fingerprint density at radius 2 is 1.96 bits per heavy atom. The maximum absolute atomic E-state index is 11.7. The lowest BCUT2D eigenvalue weighted by atomic mass is 10.1. The molecular formula is C16H29N5O2. The molecule has 0 saturated carbocycles. The predicted molar refractivity (Wildman–Crippen MR) is 87.9 cm³/mol. The van der Waals surface area contributed by atoms with E-state index < -0.39 is 0 Å². The van der Waals surface area contributed by atoms with E-state index in [1.54, 1.807) is 0 Å². The van der Waals surface area contributed by atoms with Crippen molar-refractivity contribution in [3.63, 3.8) is 0 Å². The number of aromatic nitrogens is 2. The SMILES string of the molecule is CCCNC(=O)CN1CCN(Cc2nc(CC(C)C)no2)CC1. The van der Waals surface area contributed by atoms with Gasteiger partial charge in [-0.25, -0.2) is 0 Å². The topological polar surface area (TPSA) is 74.5 Å². The van der Waals surface area contributed by atoms with Crippen LogP contribution < -0.4 is 5.32 Å². The molecule has 0 aliphatic carbocycles. The van der Waals surface area contributed by atoms with E-state index >= 15 is 0 Å². The summed E-state index contributed by atoms with van der Waals surface area (Å²) in [7, 11) is 0. The Labute approximate surface area is 138 Å². The summed E-state index contributed by atoms with van der Waals surface area (Å²) in [6.07, 6.45) is 1.83. The fraction of sp³-hybridized carbons (Fsp3) is 0.812. The largest absolute Gasteiger partial charge is 0.355 e. The molecule has 7 nitrogen and oxygen atoms in total. The van der Waals surface area contributed by atoms with Gasteiger partial charge in [0.15, 0.2) is 5.82 Å². The van der Waals surface area contributed by atoms with Crippen LogP contribution in [0.5, 0.6) is 0 Å². The Morgan fingerprint density at radius 1 is 1.26 bits per heavy atom. The average molecular weight is 323 g/mol. The Morgan fingerprint density at radius 3 is 2.61 bits per heavy atom. The standard InChI is InChI=1S/C16H29N5O2/c1-4-5-17-15(22)11-20-6-8-21(9-7-20)12-16-18-14(19-23-16)10-13(2)3/h13H,4-12H2,1-3H3,(H,17,22). The van der Waals surface area contributed by atoms with Crippen LogP contribution in [0.1, 0.15) is 38.9 Å². The molecular weight excluding hydrogens is 294 g/mol. The van der Waals surface area contributed by atoms with E-state index in [0.29, 0.717) is 24.9 Å². The third kappa shape index (κ3) is 6.27. The molecule has 1 amide bonds. The van der Waals surface area contributed by atoms with Crippen LogP contribution in [0, 0.1) is 5.92 Å². The van der Waals surface area contributed by atoms with Gasteiger partial charge < -0.3 is 9.84 Å². The van der Waals surface area contributed by atoms with Gasteiger partial charge in [-0.05, 0) is 12.3 Å². The molecule has 2 heterocycles. The molecule has 0 aromatic carbocycles. The highest BCUT2D eigenvalue weighted by atomic mass is 16.5. The van der Waals surface area contributed by atoms with Crippen molar-refractivity contribution >= 4 is 5.91 Å². The van der Waals surface area contributed by atoms with Crippen LogP contribution in [0.4, 0.5) is 0 Å². The zero-order chi connectivity index (χ0) is 16.7. The van der Waals surface area contributed by atoms with Crippen LogP contribution in [-0.2, 0) is 17.8 Å². The number of hydrogen-bond acceptors (Lipinski definition) is 6. The summed E-state index contributed by atoms with van der Waals surface area (Å²) >= 11 is 0. The molecule has 1 aromatic rings. The fourth-order valence-corrected chi connectivity index (χ4v) is 2.62. The molecule has 0 atom stereocenters. The number of hydrogen-bond donors (Lipinski definition) is 1. The van der Waals surface area contributed by atoms with Crippen molar-refractivity contribution in [2.45, 2.75) is 40.2 Å². The van der Waals surface area contributed by atoms with Crippen molar-refractivity contribution in [3.8, 4) is 0 Å². The van der Waals surface area contributed by atoms with E-state index in [1.807, 2.05) is 0 Å². The van der Waals surface area contributed by atoms with E-state index in [-0.39, 0.29) is 5.91 Å². The van der Waals surface area contributed by atoms with Gasteiger partial charge in [0.2, 0.25) is 11.8 Å². The van der Waals surface area contributed by atoms with Gasteiger partial charge >= 0.3 is 0 Å². The Balaban J connectivity index is 1.70. The number of nitrogens with zero attached hydrogens (tertiary/aromatic N) is 4. The van der Waals surface area contributed by atoms with E-state index in [0.717, 1.165) is 51.4 Å². The first-order chi connectivity index (χ1) is 11.1. The maximum atomic E-state index is 11.7. The predicted octanol–water partition coefficient (Wildman–Crippen LogP) is 0.912. The van der Waals surface area contributed by atoms with Crippen molar-refractivity contribution in [2.24, 2.45) is 5.92 Å². The first-order valence-corrected chi connectivity index (χ1v) is 8.59. The second-order valence-corrected chi connectivity index (χ2v) is 6.60. The van der Waals surface area contributed by atoms with Crippen LogP contribution in [0.25, 0.3) is 0 Å². The van der Waals surface area contributed by atoms with Crippen LogP contribution in [0.3, 0.4) is 0 Å². The molecule has 2 rings (SSSR count). The third-order valence-corrected chi connectivity index (χ3v) is 3.86. The molecule has 7 heteroatoms. The van der Waals surface area contributed by atoms with E-state index in [2.05, 4.69) is 46.0 Å². The Bertz CT molecular complexity index is 481. The molecule has 1 fully saturated rings. The molecule has 1 N–H and O–H groups in total. The van der Waals surface area contributed by atoms with Crippen LogP contribution in [-0.4, -0.2) is 65.1 Å². The number of nitrogens with one attached hydrogen (secondary N) is 1. The van der Waals surface area contributed by atoms with Crippen molar-refractivity contribution < 1.29 is 9.32 Å². The van der Waals surface area contributed by atoms with Gasteiger partial charge in [-0.3, -0.25) is 14.6 Å². The van der Waals surface area contributed by atoms with Crippen LogP contribution in [0.15, 0.2) is 4.52 Å². The summed E-state index contributed by atoms with van der Waals surface area (Å²) in [4.78, 5) is 20.7. The van der Waals surface area contributed by atoms with Crippen molar-refractivity contribution in [2.75, 3.05) is 39.3 Å². The van der Waals surface area contributed by atoms with Crippen molar-refractivity contribution in [3.05, 3.63) is 11.7 Å². The minimum absolute atomic E-state index is 0.121. The van der Waals surface area contributed by atoms with Gasteiger partial charge in [-0.1, -0.05) is 25.9 Å². The molecule has 1 saturated heterocycles. The van der Waals surface area contributed by atoms with Gasteiger partial charge in [-0.15, -0.1) is 0 Å². The average Bonchev–Trinajstić information content (AvgIpc) is 2.93. The lowest BCUT2D eigenvalue weighted by molar-refractivity contribution is -0.122. The highest BCUT2D eigenvalue weighted by molar-refractivity contribution is 5.77. The lowest BCUT2D eigenvalue weighted by Gasteiger charge is -2.33. The Kier molecular flexibility index (Phi) is 6.98. The van der Waals surface area contributed by atoms with E-state index in [1.165, 1.54) is 0 Å². The normalized spacial score (nSPS) is 16.9. The highest BCUT2D eigenvalue weighted by Gasteiger charge is 2.20. The van der Waals surface area contributed by atoms with Gasteiger partial charge in [0.1, 0.15) is 0 Å². The molecule has 130 valence electrons. The zero-order valence-corrected chi connectivity index (χ0v) is 14.5. The highest BCUT2D eigenvalue weighted by Crippen LogP contribution is 2.09. The summed E-state index contributed by atoms with van der Waals surface area (Å²) in [5.74, 6) is 2.13. The van der Waals surface area contributed by atoms with Crippen LogP contribution >= 0.6 is 0 Å². The zero-order valence-electron chi connectivity index (χ0n) is 14.5. The van der Waals surface area contributed by atoms with Crippen LogP contribution in [0.2, 0.25) is 0 Å².